The van der Waals surface area contributed by atoms with Gasteiger partial charge in [0.1, 0.15) is 5.84 Å². The van der Waals surface area contributed by atoms with Crippen molar-refractivity contribution in [2.45, 2.75) is 25.8 Å². The molecular formula is C20H21ClN2S. The van der Waals surface area contributed by atoms with E-state index in [0.29, 0.717) is 6.54 Å². The molecule has 1 spiro atoms. The molecule has 1 fully saturated rings. The third-order valence-electron chi connectivity index (χ3n) is 5.08. The molecule has 1 N–H and O–H groups in total. The molecule has 0 aliphatic carbocycles. The molecule has 0 atom stereocenters. The van der Waals surface area contributed by atoms with Crippen molar-refractivity contribution >= 4 is 34.9 Å². The molecule has 2 aromatic carbocycles. The Hall–Kier alpha value is -1.45. The highest BCUT2D eigenvalue weighted by Gasteiger charge is 2.41. The second kappa shape index (κ2) is 6.81. The molecule has 2 aliphatic rings. The van der Waals surface area contributed by atoms with Gasteiger partial charge in [-0.2, -0.15) is 11.8 Å². The summed E-state index contributed by atoms with van der Waals surface area (Å²) in [5.74, 6) is 3.63. The molecule has 0 saturated carbocycles. The number of halogens is 1. The number of hydrogen-bond acceptors (Lipinski definition) is 2. The number of hydrogen-bond donors (Lipinski definition) is 1. The molecule has 4 rings (SSSR count). The predicted octanol–water partition coefficient (Wildman–Crippen LogP) is 5.42. The van der Waals surface area contributed by atoms with Gasteiger partial charge >= 0.3 is 0 Å². The Labute approximate surface area is 152 Å². The molecule has 2 heterocycles. The Morgan fingerprint density at radius 3 is 2.58 bits per heavy atom. The van der Waals surface area contributed by atoms with Crippen molar-refractivity contribution in [2.24, 2.45) is 10.4 Å². The van der Waals surface area contributed by atoms with E-state index < -0.39 is 0 Å². The summed E-state index contributed by atoms with van der Waals surface area (Å²) in [7, 11) is 0. The number of nitrogens with zero attached hydrogens (tertiary/aromatic N) is 1. The fourth-order valence-electron chi connectivity index (χ4n) is 3.65. The average Bonchev–Trinajstić information content (AvgIpc) is 2.62. The van der Waals surface area contributed by atoms with Gasteiger partial charge in [-0.15, -0.1) is 0 Å². The van der Waals surface area contributed by atoms with Gasteiger partial charge in [-0.1, -0.05) is 41.9 Å². The second-order valence-electron chi connectivity index (χ2n) is 6.64. The third-order valence-corrected chi connectivity index (χ3v) is 6.32. The van der Waals surface area contributed by atoms with Crippen molar-refractivity contribution in [3.8, 4) is 0 Å². The summed E-state index contributed by atoms with van der Waals surface area (Å²) >= 11 is 8.05. The van der Waals surface area contributed by atoms with Crippen LogP contribution in [-0.2, 0) is 13.0 Å². The van der Waals surface area contributed by atoms with Crippen LogP contribution in [0, 0.1) is 5.41 Å². The van der Waals surface area contributed by atoms with Crippen LogP contribution in [-0.4, -0.2) is 17.3 Å². The first-order valence-corrected chi connectivity index (χ1v) is 10.0. The van der Waals surface area contributed by atoms with Crippen molar-refractivity contribution in [1.29, 1.82) is 0 Å². The molecule has 0 radical (unpaired) electrons. The smallest absolute Gasteiger partial charge is 0.108 e. The number of benzene rings is 2. The minimum absolute atomic E-state index is 0.187. The Morgan fingerprint density at radius 2 is 1.79 bits per heavy atom. The van der Waals surface area contributed by atoms with Crippen LogP contribution in [0.15, 0.2) is 53.5 Å². The van der Waals surface area contributed by atoms with Gasteiger partial charge in [0.15, 0.2) is 0 Å². The highest BCUT2D eigenvalue weighted by Crippen LogP contribution is 2.44. The van der Waals surface area contributed by atoms with E-state index >= 15 is 0 Å². The van der Waals surface area contributed by atoms with E-state index in [1.807, 2.05) is 12.1 Å². The van der Waals surface area contributed by atoms with Gasteiger partial charge in [0.05, 0.1) is 6.54 Å². The summed E-state index contributed by atoms with van der Waals surface area (Å²) in [6, 6.07) is 16.7. The SMILES string of the molecule is Clc1ccc(CN=C2Nc3ccccc3CC23CCSCC3)cc1. The van der Waals surface area contributed by atoms with Crippen LogP contribution in [0.5, 0.6) is 0 Å². The summed E-state index contributed by atoms with van der Waals surface area (Å²) in [4.78, 5) is 5.01. The summed E-state index contributed by atoms with van der Waals surface area (Å²) in [5, 5.41) is 4.43. The average molecular weight is 357 g/mol. The van der Waals surface area contributed by atoms with Crippen molar-refractivity contribution in [1.82, 2.24) is 0 Å². The van der Waals surface area contributed by atoms with Crippen molar-refractivity contribution < 1.29 is 0 Å². The van der Waals surface area contributed by atoms with Gasteiger partial charge in [-0.3, -0.25) is 4.99 Å². The lowest BCUT2D eigenvalue weighted by atomic mass is 9.73. The van der Waals surface area contributed by atoms with Gasteiger partial charge in [0.2, 0.25) is 0 Å². The maximum atomic E-state index is 5.98. The first kappa shape index (κ1) is 16.0. The first-order chi connectivity index (χ1) is 11.8. The molecule has 0 unspecified atom stereocenters. The molecule has 0 aromatic heterocycles. The Kier molecular flexibility index (Phi) is 4.55. The quantitative estimate of drug-likeness (QED) is 0.776. The molecule has 2 aliphatic heterocycles. The molecule has 24 heavy (non-hydrogen) atoms. The largest absolute Gasteiger partial charge is 0.343 e. The number of fused-ring (bicyclic) bond motifs is 1. The summed E-state index contributed by atoms with van der Waals surface area (Å²) in [6.45, 7) is 0.705. The van der Waals surface area contributed by atoms with Gasteiger partial charge < -0.3 is 5.32 Å². The van der Waals surface area contributed by atoms with Crippen LogP contribution in [0.2, 0.25) is 5.02 Å². The van der Waals surface area contributed by atoms with E-state index in [-0.39, 0.29) is 5.41 Å². The summed E-state index contributed by atoms with van der Waals surface area (Å²) < 4.78 is 0. The zero-order chi connectivity index (χ0) is 16.4. The number of thioether (sulfide) groups is 1. The summed E-state index contributed by atoms with van der Waals surface area (Å²) in [6.07, 6.45) is 3.52. The second-order valence-corrected chi connectivity index (χ2v) is 8.30. The van der Waals surface area contributed by atoms with E-state index in [2.05, 4.69) is 53.5 Å². The fourth-order valence-corrected chi connectivity index (χ4v) is 5.05. The molecule has 2 aromatic rings. The molecule has 2 nitrogen and oxygen atoms in total. The van der Waals surface area contributed by atoms with Gasteiger partial charge in [0.25, 0.3) is 0 Å². The molecular weight excluding hydrogens is 336 g/mol. The maximum absolute atomic E-state index is 5.98. The molecule has 1 saturated heterocycles. The zero-order valence-electron chi connectivity index (χ0n) is 13.6. The Balaban J connectivity index is 1.65. The van der Waals surface area contributed by atoms with Crippen LogP contribution in [0.4, 0.5) is 5.69 Å². The number of anilines is 1. The van der Waals surface area contributed by atoms with E-state index in [1.165, 1.54) is 47.0 Å². The summed E-state index contributed by atoms with van der Waals surface area (Å²) in [5.41, 5.74) is 4.03. The standard InChI is InChI=1S/C20H21ClN2S/c21-17-7-5-15(6-8-17)14-22-19-20(9-11-24-12-10-20)13-16-3-1-2-4-18(16)23-19/h1-8H,9-14H2,(H,22,23). The van der Waals surface area contributed by atoms with Crippen LogP contribution in [0.3, 0.4) is 0 Å². The van der Waals surface area contributed by atoms with E-state index in [9.17, 15) is 0 Å². The lowest BCUT2D eigenvalue weighted by molar-refractivity contribution is 0.377. The minimum atomic E-state index is 0.187. The van der Waals surface area contributed by atoms with Crippen molar-refractivity contribution in [2.75, 3.05) is 16.8 Å². The van der Waals surface area contributed by atoms with Crippen molar-refractivity contribution in [3.63, 3.8) is 0 Å². The maximum Gasteiger partial charge on any atom is 0.108 e. The molecule has 124 valence electrons. The van der Waals surface area contributed by atoms with Gasteiger partial charge in [-0.25, -0.2) is 0 Å². The van der Waals surface area contributed by atoms with Crippen molar-refractivity contribution in [3.05, 3.63) is 64.7 Å². The van der Waals surface area contributed by atoms with Crippen LogP contribution < -0.4 is 5.32 Å². The predicted molar refractivity (Wildman–Crippen MR) is 105 cm³/mol. The van der Waals surface area contributed by atoms with Crippen LogP contribution in [0.25, 0.3) is 0 Å². The lowest BCUT2D eigenvalue weighted by Gasteiger charge is -2.42. The van der Waals surface area contributed by atoms with Gasteiger partial charge in [-0.05, 0) is 60.1 Å². The number of para-hydroxylation sites is 1. The fraction of sp³-hybridized carbons (Fsp3) is 0.350. The number of amidine groups is 1. The Bertz CT molecular complexity index is 748. The number of nitrogens with one attached hydrogen (secondary N) is 1. The molecule has 0 amide bonds. The lowest BCUT2D eigenvalue weighted by Crippen LogP contribution is -2.44. The van der Waals surface area contributed by atoms with E-state index in [1.54, 1.807) is 0 Å². The van der Waals surface area contributed by atoms with E-state index in [0.717, 1.165) is 11.4 Å². The highest BCUT2D eigenvalue weighted by atomic mass is 35.5. The molecule has 0 bridgehead atoms. The molecule has 4 heteroatoms. The monoisotopic (exact) mass is 356 g/mol. The van der Waals surface area contributed by atoms with Crippen LogP contribution >= 0.6 is 23.4 Å². The van der Waals surface area contributed by atoms with Gasteiger partial charge in [0, 0.05) is 16.1 Å². The van der Waals surface area contributed by atoms with Crippen LogP contribution in [0.1, 0.15) is 24.0 Å². The third kappa shape index (κ3) is 3.20. The topological polar surface area (TPSA) is 24.4 Å². The zero-order valence-corrected chi connectivity index (χ0v) is 15.2. The number of rotatable bonds is 2. The highest BCUT2D eigenvalue weighted by molar-refractivity contribution is 7.99. The van der Waals surface area contributed by atoms with E-state index in [4.69, 9.17) is 16.6 Å². The number of aliphatic imine (C=N–C) groups is 1. The first-order valence-electron chi connectivity index (χ1n) is 8.47. The normalized spacial score (nSPS) is 20.6. The minimum Gasteiger partial charge on any atom is -0.343 e. The Morgan fingerprint density at radius 1 is 1.04 bits per heavy atom.